The maximum absolute atomic E-state index is 12.8. The third-order valence-electron chi connectivity index (χ3n) is 11.4. The average Bonchev–Trinajstić information content (AvgIpc) is 3.26. The van der Waals surface area contributed by atoms with Gasteiger partial charge in [0.25, 0.3) is 0 Å². The molecule has 0 saturated heterocycles. The quantitative estimate of drug-likeness (QED) is 0.0199. The van der Waals surface area contributed by atoms with Gasteiger partial charge in [0.2, 0.25) is 0 Å². The maximum Gasteiger partial charge on any atom is 0.306 e. The molecule has 0 aromatic carbocycles. The van der Waals surface area contributed by atoms with E-state index in [1.807, 2.05) is 0 Å². The molecule has 0 amide bonds. The Kier molecular flexibility index (Phi) is 47.9. The van der Waals surface area contributed by atoms with Crippen molar-refractivity contribution in [3.05, 3.63) is 48.6 Å². The Balaban J connectivity index is 4.37. The van der Waals surface area contributed by atoms with Crippen LogP contribution >= 0.6 is 0 Å². The first-order chi connectivity index (χ1) is 30.0. The van der Waals surface area contributed by atoms with Gasteiger partial charge in [-0.05, 0) is 64.2 Å². The van der Waals surface area contributed by atoms with Gasteiger partial charge in [-0.15, -0.1) is 0 Å². The Morgan fingerprint density at radius 2 is 0.623 bits per heavy atom. The van der Waals surface area contributed by atoms with Crippen molar-refractivity contribution in [3.63, 3.8) is 0 Å². The van der Waals surface area contributed by atoms with Crippen molar-refractivity contribution in [3.8, 4) is 0 Å². The highest BCUT2D eigenvalue weighted by Gasteiger charge is 2.19. The topological polar surface area (TPSA) is 78.9 Å². The second kappa shape index (κ2) is 50.0. The molecule has 0 bridgehead atoms. The molecule has 1 unspecified atom stereocenters. The zero-order chi connectivity index (χ0) is 44.4. The van der Waals surface area contributed by atoms with Gasteiger partial charge in [0, 0.05) is 19.3 Å². The fourth-order valence-corrected chi connectivity index (χ4v) is 7.37. The van der Waals surface area contributed by atoms with Crippen LogP contribution in [0, 0.1) is 0 Å². The highest BCUT2D eigenvalue weighted by molar-refractivity contribution is 5.71. The zero-order valence-electron chi connectivity index (χ0n) is 40.4. The molecule has 0 aromatic rings. The first-order valence-electron chi connectivity index (χ1n) is 26.2. The van der Waals surface area contributed by atoms with Crippen molar-refractivity contribution in [2.24, 2.45) is 0 Å². The number of carbonyl (C=O) groups excluding carboxylic acids is 3. The standard InChI is InChI=1S/C55H98O6/c1-4-7-10-13-16-19-22-24-26-27-28-30-31-33-36-39-42-45-48-54(57)60-51-52(50-59-53(56)47-44-41-38-35-21-18-15-12-9-6-3)61-55(58)49-46-43-40-37-34-32-29-25-23-20-17-14-11-8-5-2/h15,18,22,24,26-28,30,52H,4-14,16-17,19-21,23,25,29,31-51H2,1-3H3/b18-15-,24-22-,27-26-,30-28-. The summed E-state index contributed by atoms with van der Waals surface area (Å²) in [6, 6.07) is 0. The highest BCUT2D eigenvalue weighted by Crippen LogP contribution is 2.15. The van der Waals surface area contributed by atoms with E-state index in [9.17, 15) is 14.4 Å². The zero-order valence-corrected chi connectivity index (χ0v) is 40.4. The van der Waals surface area contributed by atoms with Gasteiger partial charge in [0.15, 0.2) is 6.10 Å². The minimum Gasteiger partial charge on any atom is -0.462 e. The van der Waals surface area contributed by atoms with E-state index in [4.69, 9.17) is 14.2 Å². The van der Waals surface area contributed by atoms with Crippen LogP contribution < -0.4 is 0 Å². The first kappa shape index (κ1) is 58.4. The van der Waals surface area contributed by atoms with E-state index in [2.05, 4.69) is 69.4 Å². The maximum atomic E-state index is 12.8. The largest absolute Gasteiger partial charge is 0.462 e. The molecular weight excluding hydrogens is 757 g/mol. The lowest BCUT2D eigenvalue weighted by molar-refractivity contribution is -0.167. The number of hydrogen-bond acceptors (Lipinski definition) is 6. The molecule has 0 saturated carbocycles. The van der Waals surface area contributed by atoms with Crippen LogP contribution in [0.3, 0.4) is 0 Å². The minimum absolute atomic E-state index is 0.0839. The SMILES string of the molecule is CCCC/C=C\CCCCCCC(=O)OCC(COC(=O)CCCCCCC\C=C/C=C\C=C/CCCCCCC)OC(=O)CCCCCCCCCCCCCCCCC. The Morgan fingerprint density at radius 3 is 1.00 bits per heavy atom. The number of carbonyl (C=O) groups is 3. The van der Waals surface area contributed by atoms with Gasteiger partial charge < -0.3 is 14.2 Å². The average molecular weight is 855 g/mol. The van der Waals surface area contributed by atoms with Gasteiger partial charge in [-0.25, -0.2) is 0 Å². The number of hydrogen-bond donors (Lipinski definition) is 0. The van der Waals surface area contributed by atoms with Crippen LogP contribution in [0.1, 0.15) is 265 Å². The summed E-state index contributed by atoms with van der Waals surface area (Å²) < 4.78 is 16.8. The Labute approximate surface area is 378 Å². The third kappa shape index (κ3) is 48.3. The smallest absolute Gasteiger partial charge is 0.306 e. The molecule has 0 radical (unpaired) electrons. The van der Waals surface area contributed by atoms with Gasteiger partial charge in [0.05, 0.1) is 0 Å². The molecule has 0 aliphatic rings. The van der Waals surface area contributed by atoms with Crippen LogP contribution in [0.25, 0.3) is 0 Å². The van der Waals surface area contributed by atoms with Crippen molar-refractivity contribution in [2.45, 2.75) is 271 Å². The molecule has 1 atom stereocenters. The van der Waals surface area contributed by atoms with Crippen molar-refractivity contribution in [1.29, 1.82) is 0 Å². The molecule has 61 heavy (non-hydrogen) atoms. The minimum atomic E-state index is -0.782. The van der Waals surface area contributed by atoms with Crippen molar-refractivity contribution in [2.75, 3.05) is 13.2 Å². The predicted octanol–water partition coefficient (Wildman–Crippen LogP) is 17.1. The Morgan fingerprint density at radius 1 is 0.328 bits per heavy atom. The normalized spacial score (nSPS) is 12.4. The van der Waals surface area contributed by atoms with E-state index in [-0.39, 0.29) is 31.1 Å². The monoisotopic (exact) mass is 855 g/mol. The molecule has 6 nitrogen and oxygen atoms in total. The second-order valence-corrected chi connectivity index (χ2v) is 17.5. The van der Waals surface area contributed by atoms with E-state index in [1.165, 1.54) is 128 Å². The summed E-state index contributed by atoms with van der Waals surface area (Å²) in [5.74, 6) is -0.908. The molecule has 0 N–H and O–H groups in total. The summed E-state index contributed by atoms with van der Waals surface area (Å²) in [6.07, 6.45) is 59.5. The summed E-state index contributed by atoms with van der Waals surface area (Å²) in [5, 5.41) is 0. The number of unbranched alkanes of at least 4 members (excludes halogenated alkanes) is 30. The van der Waals surface area contributed by atoms with E-state index < -0.39 is 6.10 Å². The molecule has 0 spiro atoms. The van der Waals surface area contributed by atoms with Gasteiger partial charge in [-0.3, -0.25) is 14.4 Å². The lowest BCUT2D eigenvalue weighted by atomic mass is 10.0. The molecule has 0 aliphatic heterocycles. The summed E-state index contributed by atoms with van der Waals surface area (Å²) in [4.78, 5) is 37.9. The fraction of sp³-hybridized carbons (Fsp3) is 0.800. The van der Waals surface area contributed by atoms with E-state index in [0.717, 1.165) is 96.3 Å². The summed E-state index contributed by atoms with van der Waals surface area (Å²) in [5.41, 5.74) is 0. The van der Waals surface area contributed by atoms with E-state index in [0.29, 0.717) is 19.3 Å². The molecule has 0 rings (SSSR count). The molecular formula is C55H98O6. The van der Waals surface area contributed by atoms with Crippen molar-refractivity contribution >= 4 is 17.9 Å². The van der Waals surface area contributed by atoms with Crippen LogP contribution in [0.4, 0.5) is 0 Å². The van der Waals surface area contributed by atoms with Crippen LogP contribution in [0.2, 0.25) is 0 Å². The molecule has 6 heteroatoms. The molecule has 0 aromatic heterocycles. The lowest BCUT2D eigenvalue weighted by Gasteiger charge is -2.18. The molecule has 0 fully saturated rings. The van der Waals surface area contributed by atoms with Gasteiger partial charge >= 0.3 is 17.9 Å². The number of ether oxygens (including phenoxy) is 3. The summed E-state index contributed by atoms with van der Waals surface area (Å²) in [7, 11) is 0. The predicted molar refractivity (Wildman–Crippen MR) is 261 cm³/mol. The van der Waals surface area contributed by atoms with E-state index >= 15 is 0 Å². The van der Waals surface area contributed by atoms with Crippen molar-refractivity contribution in [1.82, 2.24) is 0 Å². The van der Waals surface area contributed by atoms with Crippen LogP contribution in [0.5, 0.6) is 0 Å². The lowest BCUT2D eigenvalue weighted by Crippen LogP contribution is -2.30. The van der Waals surface area contributed by atoms with Gasteiger partial charge in [-0.1, -0.05) is 230 Å². The Bertz CT molecular complexity index is 1070. The summed E-state index contributed by atoms with van der Waals surface area (Å²) >= 11 is 0. The second-order valence-electron chi connectivity index (χ2n) is 17.5. The van der Waals surface area contributed by atoms with Crippen molar-refractivity contribution < 1.29 is 28.6 Å². The van der Waals surface area contributed by atoms with Gasteiger partial charge in [0.1, 0.15) is 13.2 Å². The van der Waals surface area contributed by atoms with Crippen LogP contribution in [-0.2, 0) is 28.6 Å². The number of esters is 3. The highest BCUT2D eigenvalue weighted by atomic mass is 16.6. The number of allylic oxidation sites excluding steroid dienone is 8. The molecule has 354 valence electrons. The van der Waals surface area contributed by atoms with Gasteiger partial charge in [-0.2, -0.15) is 0 Å². The van der Waals surface area contributed by atoms with Crippen LogP contribution in [-0.4, -0.2) is 37.2 Å². The molecule has 0 heterocycles. The van der Waals surface area contributed by atoms with Crippen LogP contribution in [0.15, 0.2) is 48.6 Å². The first-order valence-corrected chi connectivity index (χ1v) is 26.2. The Hall–Kier alpha value is -2.63. The third-order valence-corrected chi connectivity index (χ3v) is 11.4. The molecule has 0 aliphatic carbocycles. The summed E-state index contributed by atoms with van der Waals surface area (Å²) in [6.45, 7) is 6.57. The number of rotatable bonds is 47. The fourth-order valence-electron chi connectivity index (χ4n) is 7.37. The van der Waals surface area contributed by atoms with E-state index in [1.54, 1.807) is 0 Å².